The summed E-state index contributed by atoms with van der Waals surface area (Å²) in [6, 6.07) is 19.6. The van der Waals surface area contributed by atoms with E-state index in [0.717, 1.165) is 16.7 Å². The lowest BCUT2D eigenvalue weighted by Crippen LogP contribution is -2.46. The maximum absolute atomic E-state index is 13.3. The number of ether oxygens (including phenoxy) is 1. The van der Waals surface area contributed by atoms with Crippen molar-refractivity contribution < 1.29 is 19.2 Å². The van der Waals surface area contributed by atoms with Crippen LogP contribution in [0.25, 0.3) is 17.0 Å². The van der Waals surface area contributed by atoms with Crippen LogP contribution in [0.1, 0.15) is 35.5 Å². The first-order valence-corrected chi connectivity index (χ1v) is 11.5. The molecule has 1 aromatic heterocycles. The average Bonchev–Trinajstić information content (AvgIpc) is 3.35. The average molecular weight is 483 g/mol. The molecule has 5 rings (SSSR count). The number of rotatable bonds is 5. The number of carbonyl (C=O) groups excluding carboxylic acids is 1. The van der Waals surface area contributed by atoms with Gasteiger partial charge in [0, 0.05) is 11.3 Å². The predicted molar refractivity (Wildman–Crippen MR) is 137 cm³/mol. The number of anilines is 1. The molecule has 2 N–H and O–H groups in total. The van der Waals surface area contributed by atoms with Crippen molar-refractivity contribution in [2.24, 2.45) is 0 Å². The molecule has 1 aliphatic heterocycles. The Bertz CT molecular complexity index is 1460. The number of hydrogen-bond acceptors (Lipinski definition) is 6. The maximum Gasteiger partial charge on any atom is 0.326 e. The molecule has 2 heterocycles. The smallest absolute Gasteiger partial charge is 0.326 e. The molecule has 8 nitrogen and oxygen atoms in total. The van der Waals surface area contributed by atoms with E-state index in [4.69, 9.17) is 9.26 Å². The second-order valence-corrected chi connectivity index (χ2v) is 8.77. The second-order valence-electron chi connectivity index (χ2n) is 8.77. The molecule has 36 heavy (non-hydrogen) atoms. The van der Waals surface area contributed by atoms with Crippen molar-refractivity contribution in [2.45, 2.75) is 26.8 Å². The molecular weight excluding hydrogens is 456 g/mol. The number of nitrogens with one attached hydrogen (secondary N) is 1. The van der Waals surface area contributed by atoms with Gasteiger partial charge in [0.25, 0.3) is 5.89 Å². The molecule has 0 saturated carbocycles. The Morgan fingerprint density at radius 1 is 0.972 bits per heavy atom. The van der Waals surface area contributed by atoms with Crippen LogP contribution in [-0.4, -0.2) is 28.4 Å². The summed E-state index contributed by atoms with van der Waals surface area (Å²) in [4.78, 5) is 19.6. The highest BCUT2D eigenvalue weighted by molar-refractivity contribution is 6.01. The number of allylic oxidation sites excluding steroid dienone is 1. The van der Waals surface area contributed by atoms with Gasteiger partial charge in [-0.15, -0.1) is 0 Å². The van der Waals surface area contributed by atoms with E-state index in [-0.39, 0.29) is 17.7 Å². The number of urea groups is 1. The van der Waals surface area contributed by atoms with Crippen molar-refractivity contribution in [1.29, 1.82) is 0 Å². The van der Waals surface area contributed by atoms with Gasteiger partial charge in [-0.25, -0.2) is 4.79 Å². The predicted octanol–water partition coefficient (Wildman–Crippen LogP) is 5.77. The summed E-state index contributed by atoms with van der Waals surface area (Å²) in [6.45, 7) is 5.85. The summed E-state index contributed by atoms with van der Waals surface area (Å²) < 4.78 is 10.9. The van der Waals surface area contributed by atoms with E-state index in [9.17, 15) is 9.90 Å². The molecule has 2 amide bonds. The van der Waals surface area contributed by atoms with E-state index >= 15 is 0 Å². The zero-order valence-corrected chi connectivity index (χ0v) is 20.4. The highest BCUT2D eigenvalue weighted by Crippen LogP contribution is 2.41. The van der Waals surface area contributed by atoms with Crippen molar-refractivity contribution in [1.82, 2.24) is 15.5 Å². The quantitative estimate of drug-likeness (QED) is 0.375. The normalized spacial score (nSPS) is 15.7. The number of methoxy groups -OCH3 is 1. The van der Waals surface area contributed by atoms with Crippen molar-refractivity contribution in [3.63, 3.8) is 0 Å². The van der Waals surface area contributed by atoms with Crippen LogP contribution in [0.4, 0.5) is 10.5 Å². The van der Waals surface area contributed by atoms with Gasteiger partial charge in [-0.1, -0.05) is 58.7 Å². The highest BCUT2D eigenvalue weighted by Gasteiger charge is 2.36. The Morgan fingerprint density at radius 3 is 2.28 bits per heavy atom. The second kappa shape index (κ2) is 9.22. The van der Waals surface area contributed by atoms with Gasteiger partial charge in [0.15, 0.2) is 11.5 Å². The molecule has 0 fully saturated rings. The number of phenolic OH excluding ortho intramolecular Hbond substituents is 1. The molecule has 3 aromatic carbocycles. The minimum atomic E-state index is -0.637. The third-order valence-corrected chi connectivity index (χ3v) is 6.28. The largest absolute Gasteiger partial charge is 0.504 e. The number of aryl methyl sites for hydroxylation is 2. The Morgan fingerprint density at radius 2 is 1.64 bits per heavy atom. The molecular formula is C28H26N4O4. The number of benzene rings is 3. The zero-order valence-electron chi connectivity index (χ0n) is 20.4. The molecule has 0 radical (unpaired) electrons. The monoisotopic (exact) mass is 482 g/mol. The topological polar surface area (TPSA) is 101 Å². The Balaban J connectivity index is 1.65. The lowest BCUT2D eigenvalue weighted by molar-refractivity contribution is 0.244. The van der Waals surface area contributed by atoms with E-state index in [0.29, 0.717) is 34.1 Å². The molecule has 0 bridgehead atoms. The van der Waals surface area contributed by atoms with Crippen LogP contribution < -0.4 is 15.0 Å². The van der Waals surface area contributed by atoms with Crippen molar-refractivity contribution in [3.8, 4) is 22.9 Å². The van der Waals surface area contributed by atoms with Crippen molar-refractivity contribution in [3.05, 3.63) is 95.0 Å². The maximum atomic E-state index is 13.3. The van der Waals surface area contributed by atoms with Crippen LogP contribution in [-0.2, 0) is 0 Å². The lowest BCUT2D eigenvalue weighted by atomic mass is 9.94. The van der Waals surface area contributed by atoms with Gasteiger partial charge in [0.05, 0.1) is 24.4 Å². The standard InChI is InChI=1S/C28H26N4O4/c1-16-5-9-19(10-6-16)26-30-27(36-31-26)24-18(3)32(21-12-7-17(2)8-13-21)28(34)29-25(24)20-11-14-23(35-4)22(33)15-20/h5-15,25,33H,1-4H3,(H,29,34). The van der Waals surface area contributed by atoms with E-state index in [1.54, 1.807) is 23.1 Å². The van der Waals surface area contributed by atoms with Gasteiger partial charge in [-0.3, -0.25) is 4.90 Å². The van der Waals surface area contributed by atoms with Gasteiger partial charge < -0.3 is 19.7 Å². The number of carbonyl (C=O) groups is 1. The fourth-order valence-electron chi connectivity index (χ4n) is 4.31. The van der Waals surface area contributed by atoms with Gasteiger partial charge in [-0.05, 0) is 50.6 Å². The van der Waals surface area contributed by atoms with E-state index in [1.165, 1.54) is 7.11 Å². The molecule has 0 aliphatic carbocycles. The van der Waals surface area contributed by atoms with Crippen molar-refractivity contribution in [2.75, 3.05) is 12.0 Å². The number of phenols is 1. The van der Waals surface area contributed by atoms with Gasteiger partial charge in [-0.2, -0.15) is 4.98 Å². The van der Waals surface area contributed by atoms with Gasteiger partial charge in [0.1, 0.15) is 0 Å². The number of amides is 2. The first-order valence-electron chi connectivity index (χ1n) is 11.5. The minimum Gasteiger partial charge on any atom is -0.504 e. The summed E-state index contributed by atoms with van der Waals surface area (Å²) in [5, 5.41) is 17.7. The Labute approximate surface area is 208 Å². The Kier molecular flexibility index (Phi) is 5.93. The summed E-state index contributed by atoms with van der Waals surface area (Å²) in [5.74, 6) is 1.03. The molecule has 8 heteroatoms. The first-order chi connectivity index (χ1) is 17.4. The summed E-state index contributed by atoms with van der Waals surface area (Å²) in [5.41, 5.74) is 5.67. The number of hydrogen-bond donors (Lipinski definition) is 2. The summed E-state index contributed by atoms with van der Waals surface area (Å²) in [7, 11) is 1.48. The Hall–Kier alpha value is -4.59. The molecule has 1 aliphatic rings. The fourth-order valence-corrected chi connectivity index (χ4v) is 4.31. The molecule has 0 spiro atoms. The lowest BCUT2D eigenvalue weighted by Gasteiger charge is -2.35. The summed E-state index contributed by atoms with van der Waals surface area (Å²) >= 11 is 0. The molecule has 1 atom stereocenters. The van der Waals surface area contributed by atoms with E-state index in [1.807, 2.05) is 69.3 Å². The first kappa shape index (κ1) is 23.2. The summed E-state index contributed by atoms with van der Waals surface area (Å²) in [6.07, 6.45) is 0. The van der Waals surface area contributed by atoms with E-state index in [2.05, 4.69) is 15.5 Å². The number of aromatic hydroxyl groups is 1. The third-order valence-electron chi connectivity index (χ3n) is 6.28. The van der Waals surface area contributed by atoms with Gasteiger partial charge in [0.2, 0.25) is 5.82 Å². The van der Waals surface area contributed by atoms with Crippen LogP contribution in [0.3, 0.4) is 0 Å². The van der Waals surface area contributed by atoms with Crippen LogP contribution in [0.5, 0.6) is 11.5 Å². The molecule has 4 aromatic rings. The molecule has 0 saturated heterocycles. The van der Waals surface area contributed by atoms with Gasteiger partial charge >= 0.3 is 6.03 Å². The molecule has 1 unspecified atom stereocenters. The van der Waals surface area contributed by atoms with E-state index < -0.39 is 6.04 Å². The SMILES string of the molecule is COc1ccc(C2NC(=O)N(c3ccc(C)cc3)C(C)=C2c2nc(-c3ccc(C)cc3)no2)cc1O. The highest BCUT2D eigenvalue weighted by atomic mass is 16.5. The minimum absolute atomic E-state index is 0.0342. The zero-order chi connectivity index (χ0) is 25.4. The van der Waals surface area contributed by atoms with Crippen LogP contribution in [0.2, 0.25) is 0 Å². The number of aromatic nitrogens is 2. The number of nitrogens with zero attached hydrogens (tertiary/aromatic N) is 3. The third kappa shape index (κ3) is 4.17. The molecule has 182 valence electrons. The van der Waals surface area contributed by atoms with Crippen molar-refractivity contribution >= 4 is 17.3 Å². The van der Waals surface area contributed by atoms with Crippen LogP contribution in [0.15, 0.2) is 77.0 Å². The fraction of sp³-hybridized carbons (Fsp3) is 0.179. The van der Waals surface area contributed by atoms with Crippen LogP contribution >= 0.6 is 0 Å². The van der Waals surface area contributed by atoms with Crippen LogP contribution in [0, 0.1) is 13.8 Å².